The summed E-state index contributed by atoms with van der Waals surface area (Å²) in [6.07, 6.45) is 0.823. The van der Waals surface area contributed by atoms with Crippen molar-refractivity contribution >= 4 is 5.91 Å². The Morgan fingerprint density at radius 2 is 1.80 bits per heavy atom. The number of carbonyl (C=O) groups is 1. The number of benzene rings is 2. The summed E-state index contributed by atoms with van der Waals surface area (Å²) in [5, 5.41) is 11.4. The number of hydrogen-bond acceptors (Lipinski definition) is 4. The summed E-state index contributed by atoms with van der Waals surface area (Å²) in [7, 11) is 0. The molecule has 0 radical (unpaired) electrons. The maximum atomic E-state index is 13.5. The monoisotopic (exact) mass is 405 g/mol. The van der Waals surface area contributed by atoms with E-state index in [-0.39, 0.29) is 11.7 Å². The first-order valence-electron chi connectivity index (χ1n) is 10.4. The molecule has 0 aliphatic carbocycles. The third kappa shape index (κ3) is 3.85. The van der Waals surface area contributed by atoms with Crippen molar-refractivity contribution in [2.75, 3.05) is 13.1 Å². The predicted molar refractivity (Wildman–Crippen MR) is 110 cm³/mol. The highest BCUT2D eigenvalue weighted by molar-refractivity contribution is 5.90. The molecule has 154 valence electrons. The first kappa shape index (κ1) is 18.9. The third-order valence-corrected chi connectivity index (χ3v) is 6.14. The van der Waals surface area contributed by atoms with Gasteiger partial charge in [0.05, 0.1) is 0 Å². The first-order chi connectivity index (χ1) is 14.7. The van der Waals surface area contributed by atoms with Gasteiger partial charge < -0.3 is 9.88 Å². The largest absolute Gasteiger partial charge is 0.345 e. The molecular formula is C23H24FN5O. The molecule has 0 saturated carbocycles. The van der Waals surface area contributed by atoms with Gasteiger partial charge in [-0.3, -0.25) is 9.69 Å². The lowest BCUT2D eigenvalue weighted by Crippen LogP contribution is -2.32. The van der Waals surface area contributed by atoms with E-state index in [1.54, 1.807) is 12.1 Å². The Hall–Kier alpha value is -3.06. The zero-order valence-electron chi connectivity index (χ0n) is 16.7. The van der Waals surface area contributed by atoms with Crippen molar-refractivity contribution in [3.8, 4) is 0 Å². The molecule has 30 heavy (non-hydrogen) atoms. The van der Waals surface area contributed by atoms with E-state index >= 15 is 0 Å². The van der Waals surface area contributed by atoms with Crippen LogP contribution in [0, 0.1) is 17.7 Å². The Labute approximate surface area is 174 Å². The minimum atomic E-state index is -0.193. The quantitative estimate of drug-likeness (QED) is 0.709. The highest BCUT2D eigenvalue weighted by atomic mass is 19.1. The zero-order chi connectivity index (χ0) is 20.5. The molecule has 1 aromatic heterocycles. The first-order valence-corrected chi connectivity index (χ1v) is 10.4. The van der Waals surface area contributed by atoms with Gasteiger partial charge in [0.1, 0.15) is 11.6 Å². The van der Waals surface area contributed by atoms with Crippen LogP contribution in [0.2, 0.25) is 0 Å². The van der Waals surface area contributed by atoms with Gasteiger partial charge in [-0.2, -0.15) is 0 Å². The lowest BCUT2D eigenvalue weighted by atomic mass is 9.89. The summed E-state index contributed by atoms with van der Waals surface area (Å²) in [5.41, 5.74) is 2.04. The van der Waals surface area contributed by atoms with Gasteiger partial charge in [-0.05, 0) is 35.1 Å². The molecule has 1 fully saturated rings. The topological polar surface area (TPSA) is 63.1 Å². The Kier molecular flexibility index (Phi) is 5.04. The lowest BCUT2D eigenvalue weighted by Gasteiger charge is -2.25. The van der Waals surface area contributed by atoms with E-state index in [9.17, 15) is 9.18 Å². The van der Waals surface area contributed by atoms with E-state index in [0.29, 0.717) is 24.2 Å². The van der Waals surface area contributed by atoms with Crippen LogP contribution in [0.5, 0.6) is 0 Å². The van der Waals surface area contributed by atoms with E-state index in [0.717, 1.165) is 49.6 Å². The fourth-order valence-electron chi connectivity index (χ4n) is 4.67. The number of nitrogens with zero attached hydrogens (tertiary/aromatic N) is 4. The number of likely N-dealkylation sites (tertiary alicyclic amines) is 1. The van der Waals surface area contributed by atoms with Crippen LogP contribution in [0.15, 0.2) is 54.6 Å². The van der Waals surface area contributed by atoms with E-state index in [1.165, 1.54) is 6.07 Å². The van der Waals surface area contributed by atoms with E-state index in [4.69, 9.17) is 0 Å². The smallest absolute Gasteiger partial charge is 0.289 e. The average molecular weight is 405 g/mol. The van der Waals surface area contributed by atoms with Crippen molar-refractivity contribution in [2.24, 2.45) is 11.8 Å². The zero-order valence-corrected chi connectivity index (χ0v) is 16.7. The van der Waals surface area contributed by atoms with Crippen LogP contribution in [0.3, 0.4) is 0 Å². The van der Waals surface area contributed by atoms with Gasteiger partial charge in [0.15, 0.2) is 0 Å². The molecule has 1 saturated heterocycles. The number of nitrogens with one attached hydrogen (secondary N) is 1. The van der Waals surface area contributed by atoms with E-state index < -0.39 is 0 Å². The van der Waals surface area contributed by atoms with E-state index in [2.05, 4.69) is 20.4 Å². The Balaban J connectivity index is 1.24. The van der Waals surface area contributed by atoms with Crippen molar-refractivity contribution in [1.29, 1.82) is 0 Å². The molecule has 2 atom stereocenters. The van der Waals surface area contributed by atoms with Gasteiger partial charge in [-0.1, -0.05) is 42.5 Å². The third-order valence-electron chi connectivity index (χ3n) is 6.14. The van der Waals surface area contributed by atoms with Crippen molar-refractivity contribution < 1.29 is 9.18 Å². The highest BCUT2D eigenvalue weighted by Crippen LogP contribution is 2.33. The Bertz CT molecular complexity index is 1050. The number of rotatable bonds is 5. The molecule has 5 rings (SSSR count). The van der Waals surface area contributed by atoms with Gasteiger partial charge in [0.25, 0.3) is 5.91 Å². The van der Waals surface area contributed by atoms with Crippen LogP contribution in [0.4, 0.5) is 4.39 Å². The SMILES string of the molecule is O=C(NCc1ccccc1)c1nnc2n1C[C@@H]1CN(Cc3cccc(F)c3)C[C@@H]1C2. The van der Waals surface area contributed by atoms with Crippen LogP contribution >= 0.6 is 0 Å². The average Bonchev–Trinajstić information content (AvgIpc) is 3.33. The normalized spacial score (nSPS) is 20.6. The van der Waals surface area contributed by atoms with Gasteiger partial charge in [-0.15, -0.1) is 10.2 Å². The Morgan fingerprint density at radius 3 is 2.63 bits per heavy atom. The van der Waals surface area contributed by atoms with Crippen LogP contribution in [-0.2, 0) is 26.1 Å². The number of hydrogen-bond donors (Lipinski definition) is 1. The standard InChI is InChI=1S/C23H24FN5O/c24-20-8-4-7-17(9-20)12-28-13-18-10-21-26-27-22(29(21)15-19(18)14-28)23(30)25-11-16-5-2-1-3-6-16/h1-9,18-19H,10-15H2,(H,25,30)/t18-,19-/m0/s1. The molecule has 1 amide bonds. The maximum absolute atomic E-state index is 13.5. The van der Waals surface area contributed by atoms with Crippen molar-refractivity contribution in [2.45, 2.75) is 26.1 Å². The number of halogens is 1. The molecule has 3 heterocycles. The molecule has 6 nitrogen and oxygen atoms in total. The van der Waals surface area contributed by atoms with Gasteiger partial charge in [-0.25, -0.2) is 4.39 Å². The number of carbonyl (C=O) groups excluding carboxylic acids is 1. The summed E-state index contributed by atoms with van der Waals surface area (Å²) in [5.74, 6) is 1.84. The van der Waals surface area contributed by atoms with Gasteiger partial charge in [0.2, 0.25) is 5.82 Å². The summed E-state index contributed by atoms with van der Waals surface area (Å²) in [4.78, 5) is 15.1. The van der Waals surface area contributed by atoms with Gasteiger partial charge in [0, 0.05) is 39.1 Å². The second-order valence-electron chi connectivity index (χ2n) is 8.27. The Morgan fingerprint density at radius 1 is 1.00 bits per heavy atom. The number of fused-ring (bicyclic) bond motifs is 2. The van der Waals surface area contributed by atoms with Crippen LogP contribution in [0.25, 0.3) is 0 Å². The maximum Gasteiger partial charge on any atom is 0.289 e. The van der Waals surface area contributed by atoms with Crippen molar-refractivity contribution in [1.82, 2.24) is 25.0 Å². The number of amides is 1. The van der Waals surface area contributed by atoms with Crippen LogP contribution in [-0.4, -0.2) is 38.7 Å². The molecule has 2 aliphatic rings. The molecule has 2 aromatic carbocycles. The molecule has 1 N–H and O–H groups in total. The molecule has 0 unspecified atom stereocenters. The fourth-order valence-corrected chi connectivity index (χ4v) is 4.67. The molecule has 0 spiro atoms. The molecule has 7 heteroatoms. The summed E-state index contributed by atoms with van der Waals surface area (Å²) < 4.78 is 15.5. The predicted octanol–water partition coefficient (Wildman–Crippen LogP) is 2.65. The lowest BCUT2D eigenvalue weighted by molar-refractivity contribution is 0.0932. The van der Waals surface area contributed by atoms with Crippen LogP contribution in [0.1, 0.15) is 27.6 Å². The molecular weight excluding hydrogens is 381 g/mol. The van der Waals surface area contributed by atoms with Crippen molar-refractivity contribution in [3.05, 3.63) is 83.2 Å². The molecule has 0 bridgehead atoms. The molecule has 2 aliphatic heterocycles. The molecule has 3 aromatic rings. The summed E-state index contributed by atoms with van der Waals surface area (Å²) >= 11 is 0. The van der Waals surface area contributed by atoms with E-state index in [1.807, 2.05) is 41.0 Å². The summed E-state index contributed by atoms with van der Waals surface area (Å²) in [6, 6.07) is 16.6. The van der Waals surface area contributed by atoms with Crippen molar-refractivity contribution in [3.63, 3.8) is 0 Å². The summed E-state index contributed by atoms with van der Waals surface area (Å²) in [6.45, 7) is 3.86. The minimum absolute atomic E-state index is 0.189. The number of aromatic nitrogens is 3. The highest BCUT2D eigenvalue weighted by Gasteiger charge is 2.39. The fraction of sp³-hybridized carbons (Fsp3) is 0.348. The minimum Gasteiger partial charge on any atom is -0.345 e. The van der Waals surface area contributed by atoms with Crippen LogP contribution < -0.4 is 5.32 Å². The second kappa shape index (κ2) is 7.99. The second-order valence-corrected chi connectivity index (χ2v) is 8.27. The van der Waals surface area contributed by atoms with Gasteiger partial charge >= 0.3 is 0 Å².